The third-order valence-corrected chi connectivity index (χ3v) is 9.05. The van der Waals surface area contributed by atoms with E-state index in [1.807, 2.05) is 6.92 Å². The second-order valence-corrected chi connectivity index (χ2v) is 12.2. The fourth-order valence-electron chi connectivity index (χ4n) is 5.51. The largest absolute Gasteiger partial charge is 0.480 e. The molecule has 1 aliphatic carbocycles. The molecule has 3 aromatic rings. The lowest BCUT2D eigenvalue weighted by molar-refractivity contribution is -0.138. The summed E-state index contributed by atoms with van der Waals surface area (Å²) < 4.78 is 29.7. The first-order valence-corrected chi connectivity index (χ1v) is 14.8. The Balaban J connectivity index is 1.29. The molecule has 0 bridgehead atoms. The number of hydrogen-bond donors (Lipinski definition) is 2. The van der Waals surface area contributed by atoms with Crippen LogP contribution in [-0.4, -0.2) is 58.5 Å². The Bertz CT molecular complexity index is 1380. The number of hydrogen-bond acceptors (Lipinski definition) is 6. The number of rotatable bonds is 9. The molecule has 2 atom stereocenters. The maximum Gasteiger partial charge on any atom is 0.322 e. The molecule has 0 saturated carbocycles. The fraction of sp³-hybridized carbons (Fsp3) is 0.464. The number of aryl methyl sites for hydroxylation is 2. The lowest BCUT2D eigenvalue weighted by Crippen LogP contribution is -2.42. The van der Waals surface area contributed by atoms with Crippen LogP contribution >= 0.6 is 0 Å². The smallest absolute Gasteiger partial charge is 0.322 e. The van der Waals surface area contributed by atoms with Crippen LogP contribution in [0.15, 0.2) is 53.6 Å². The Morgan fingerprint density at radius 1 is 1.11 bits per heavy atom. The van der Waals surface area contributed by atoms with Crippen LogP contribution in [0.5, 0.6) is 0 Å². The van der Waals surface area contributed by atoms with Crippen molar-refractivity contribution in [1.29, 1.82) is 0 Å². The molecule has 1 unspecified atom stereocenters. The summed E-state index contributed by atoms with van der Waals surface area (Å²) in [5, 5.41) is 18.3. The summed E-state index contributed by atoms with van der Waals surface area (Å²) in [6.07, 6.45) is 8.51. The Morgan fingerprint density at radius 2 is 1.87 bits per heavy atom. The zero-order valence-electron chi connectivity index (χ0n) is 21.7. The Kier molecular flexibility index (Phi) is 7.92. The van der Waals surface area contributed by atoms with E-state index in [9.17, 15) is 18.3 Å². The molecule has 1 aromatic heterocycles. The van der Waals surface area contributed by atoms with E-state index >= 15 is 0 Å². The maximum absolute atomic E-state index is 12.8. The number of nitrogens with one attached hydrogen (secondary N) is 1. The Morgan fingerprint density at radius 3 is 2.61 bits per heavy atom. The zero-order valence-corrected chi connectivity index (χ0v) is 22.5. The van der Waals surface area contributed by atoms with E-state index in [0.717, 1.165) is 31.4 Å². The summed E-state index contributed by atoms with van der Waals surface area (Å²) in [7, 11) is -4.00. The molecule has 0 spiro atoms. The summed E-state index contributed by atoms with van der Waals surface area (Å²) in [5.74, 6) is -1.26. The van der Waals surface area contributed by atoms with Crippen molar-refractivity contribution >= 4 is 16.0 Å². The molecule has 1 saturated heterocycles. The third kappa shape index (κ3) is 6.14. The number of likely N-dealkylation sites (tertiary alicyclic amines) is 1. The van der Waals surface area contributed by atoms with Gasteiger partial charge < -0.3 is 5.11 Å². The summed E-state index contributed by atoms with van der Waals surface area (Å²) >= 11 is 0. The third-order valence-electron chi connectivity index (χ3n) is 7.56. The first-order valence-electron chi connectivity index (χ1n) is 13.3. The van der Waals surface area contributed by atoms with Gasteiger partial charge in [-0.25, -0.2) is 13.1 Å². The molecule has 1 fully saturated rings. The van der Waals surface area contributed by atoms with E-state index in [-0.39, 0.29) is 17.4 Å². The van der Waals surface area contributed by atoms with Crippen molar-refractivity contribution in [2.75, 3.05) is 13.1 Å². The fourth-order valence-corrected chi connectivity index (χ4v) is 6.70. The number of aromatic nitrogens is 3. The van der Waals surface area contributed by atoms with Crippen molar-refractivity contribution in [3.8, 4) is 0 Å². The normalized spacial score (nSPS) is 19.1. The molecule has 9 nitrogen and oxygen atoms in total. The van der Waals surface area contributed by atoms with Crippen LogP contribution in [0.2, 0.25) is 0 Å². The average Bonchev–Trinajstić information content (AvgIpc) is 3.37. The van der Waals surface area contributed by atoms with E-state index in [0.29, 0.717) is 5.69 Å². The predicted octanol–water partition coefficient (Wildman–Crippen LogP) is 3.47. The maximum atomic E-state index is 12.8. The quantitative estimate of drug-likeness (QED) is 0.429. The number of fused-ring (bicyclic) bond motifs is 1. The number of nitrogens with zero attached hydrogens (tertiary/aromatic N) is 4. The summed E-state index contributed by atoms with van der Waals surface area (Å²) in [6.45, 7) is 5.17. The van der Waals surface area contributed by atoms with Gasteiger partial charge in [-0.3, -0.25) is 9.69 Å². The van der Waals surface area contributed by atoms with Gasteiger partial charge in [0, 0.05) is 19.2 Å². The van der Waals surface area contributed by atoms with Gasteiger partial charge in [0.1, 0.15) is 6.04 Å². The molecule has 38 heavy (non-hydrogen) atoms. The minimum absolute atomic E-state index is 0.0245. The summed E-state index contributed by atoms with van der Waals surface area (Å²) in [5.41, 5.74) is 5.25. The molecule has 0 amide bonds. The molecule has 10 heteroatoms. The van der Waals surface area contributed by atoms with E-state index in [1.54, 1.807) is 23.0 Å². The second kappa shape index (κ2) is 11.3. The van der Waals surface area contributed by atoms with Gasteiger partial charge >= 0.3 is 5.97 Å². The van der Waals surface area contributed by atoms with Gasteiger partial charge in [-0.1, -0.05) is 47.5 Å². The number of benzene rings is 2. The van der Waals surface area contributed by atoms with Crippen LogP contribution in [0.3, 0.4) is 0 Å². The number of sulfonamides is 1. The van der Waals surface area contributed by atoms with Crippen molar-refractivity contribution in [2.45, 2.75) is 75.4 Å². The van der Waals surface area contributed by atoms with Crippen LogP contribution in [0.4, 0.5) is 0 Å². The molecular formula is C28H35N5O4S. The van der Waals surface area contributed by atoms with Gasteiger partial charge in [-0.05, 0) is 80.9 Å². The molecular weight excluding hydrogens is 502 g/mol. The topological polar surface area (TPSA) is 117 Å². The first kappa shape index (κ1) is 26.5. The van der Waals surface area contributed by atoms with Crippen molar-refractivity contribution in [3.63, 3.8) is 0 Å². The number of carboxylic acid groups (broad SMARTS) is 1. The van der Waals surface area contributed by atoms with E-state index in [2.05, 4.69) is 38.1 Å². The molecule has 5 rings (SSSR count). The van der Waals surface area contributed by atoms with E-state index < -0.39 is 22.0 Å². The molecule has 2 aliphatic rings. The minimum atomic E-state index is -4.00. The second-order valence-electron chi connectivity index (χ2n) is 10.5. The van der Waals surface area contributed by atoms with Crippen LogP contribution in [0, 0.1) is 6.92 Å². The van der Waals surface area contributed by atoms with E-state index in [1.165, 1.54) is 61.2 Å². The molecule has 2 N–H and O–H groups in total. The highest BCUT2D eigenvalue weighted by Crippen LogP contribution is 2.33. The number of aliphatic carboxylic acids is 1. The predicted molar refractivity (Wildman–Crippen MR) is 143 cm³/mol. The van der Waals surface area contributed by atoms with Gasteiger partial charge in [0.2, 0.25) is 10.0 Å². The number of piperidine rings is 1. The molecule has 2 heterocycles. The zero-order chi connectivity index (χ0) is 26.7. The average molecular weight is 538 g/mol. The van der Waals surface area contributed by atoms with Crippen molar-refractivity contribution < 1.29 is 18.3 Å². The highest BCUT2D eigenvalue weighted by Gasteiger charge is 2.28. The van der Waals surface area contributed by atoms with Gasteiger partial charge in [0.05, 0.1) is 16.6 Å². The first-order chi connectivity index (χ1) is 18.3. The Labute approximate surface area is 223 Å². The van der Waals surface area contributed by atoms with Gasteiger partial charge in [-0.2, -0.15) is 4.72 Å². The SMILES string of the molecule is Cc1ccc(S(=O)(=O)NC(Cc2cn([C@@H]3CCCc4cc(CN5CCCCC5)ccc43)nn2)C(=O)O)cc1. The monoisotopic (exact) mass is 537 g/mol. The van der Waals surface area contributed by atoms with E-state index in [4.69, 9.17) is 0 Å². The van der Waals surface area contributed by atoms with Gasteiger partial charge in [0.25, 0.3) is 0 Å². The highest BCUT2D eigenvalue weighted by molar-refractivity contribution is 7.89. The molecule has 0 radical (unpaired) electrons. The summed E-state index contributed by atoms with van der Waals surface area (Å²) in [6, 6.07) is 11.7. The molecule has 202 valence electrons. The van der Waals surface area contributed by atoms with Gasteiger partial charge in [-0.15, -0.1) is 5.10 Å². The highest BCUT2D eigenvalue weighted by atomic mass is 32.2. The number of carboxylic acids is 1. The van der Waals surface area contributed by atoms with Gasteiger partial charge in [0.15, 0.2) is 0 Å². The van der Waals surface area contributed by atoms with Crippen LogP contribution in [0.1, 0.15) is 66.1 Å². The minimum Gasteiger partial charge on any atom is -0.480 e. The molecule has 2 aromatic carbocycles. The standard InChI is InChI=1S/C28H35N5O4S/c1-20-8-11-24(12-9-20)38(36,37)30-26(28(34)35)17-23-19-33(31-29-23)27-7-5-6-22-16-21(10-13-25(22)27)18-32-14-3-2-4-15-32/h8-13,16,19,26-27,30H,2-7,14-15,17-18H2,1H3,(H,34,35)/t26?,27-/m1/s1. The molecule has 1 aliphatic heterocycles. The lowest BCUT2D eigenvalue weighted by atomic mass is 9.86. The lowest BCUT2D eigenvalue weighted by Gasteiger charge is -2.29. The van der Waals surface area contributed by atoms with Crippen molar-refractivity contribution in [1.82, 2.24) is 24.6 Å². The Hall–Kier alpha value is -3.08. The van der Waals surface area contributed by atoms with Crippen molar-refractivity contribution in [2.24, 2.45) is 0 Å². The number of carbonyl (C=O) groups is 1. The van der Waals surface area contributed by atoms with Crippen LogP contribution < -0.4 is 4.72 Å². The van der Waals surface area contributed by atoms with Crippen LogP contribution in [0.25, 0.3) is 0 Å². The van der Waals surface area contributed by atoms with Crippen molar-refractivity contribution in [3.05, 3.63) is 76.6 Å². The van der Waals surface area contributed by atoms with Crippen LogP contribution in [-0.2, 0) is 34.2 Å². The summed E-state index contributed by atoms with van der Waals surface area (Å²) in [4.78, 5) is 14.5.